The molecule has 0 radical (unpaired) electrons. The van der Waals surface area contributed by atoms with Gasteiger partial charge in [0, 0.05) is 23.7 Å². The zero-order valence-corrected chi connectivity index (χ0v) is 11.1. The fourth-order valence-electron chi connectivity index (χ4n) is 1.94. The summed E-state index contributed by atoms with van der Waals surface area (Å²) in [5.41, 5.74) is 0.457. The normalized spacial score (nSPS) is 18.4. The molecule has 2 N–H and O–H groups in total. The lowest BCUT2D eigenvalue weighted by atomic mass is 10.2. The number of benzene rings is 1. The van der Waals surface area contributed by atoms with Crippen molar-refractivity contribution in [3.8, 4) is 0 Å². The van der Waals surface area contributed by atoms with E-state index in [1.165, 1.54) is 0 Å². The Labute approximate surface area is 116 Å². The molecule has 2 rings (SSSR count). The van der Waals surface area contributed by atoms with E-state index in [9.17, 15) is 14.7 Å². The second-order valence-corrected chi connectivity index (χ2v) is 4.91. The molecule has 1 aromatic rings. The molecule has 1 fully saturated rings. The van der Waals surface area contributed by atoms with Crippen LogP contribution < -0.4 is 5.32 Å². The number of likely N-dealkylation sites (tertiary alicyclic amines) is 1. The summed E-state index contributed by atoms with van der Waals surface area (Å²) in [5.74, 6) is -0.497. The Morgan fingerprint density at radius 3 is 2.63 bits per heavy atom. The van der Waals surface area contributed by atoms with E-state index in [1.807, 2.05) is 0 Å². The molecule has 1 atom stereocenters. The van der Waals surface area contributed by atoms with E-state index in [-0.39, 0.29) is 18.4 Å². The van der Waals surface area contributed by atoms with Crippen LogP contribution in [0.5, 0.6) is 0 Å². The standard InChI is InChI=1S/C13H15ClN2O3/c14-10-3-1-9(2-4-10)13(19)15-7-12(18)16-6-5-11(17)8-16/h1-4,11,17H,5-8H2,(H,15,19)/t11-/m0/s1. The largest absolute Gasteiger partial charge is 0.391 e. The van der Waals surface area contributed by atoms with Crippen molar-refractivity contribution in [2.24, 2.45) is 0 Å². The molecule has 5 nitrogen and oxygen atoms in total. The van der Waals surface area contributed by atoms with E-state index in [0.717, 1.165) is 0 Å². The maximum absolute atomic E-state index is 11.8. The van der Waals surface area contributed by atoms with Crippen LogP contribution in [0.15, 0.2) is 24.3 Å². The molecular weight excluding hydrogens is 268 g/mol. The third kappa shape index (κ3) is 3.68. The third-order valence-electron chi connectivity index (χ3n) is 3.02. The minimum absolute atomic E-state index is 0.0613. The molecule has 1 aromatic carbocycles. The first-order valence-electron chi connectivity index (χ1n) is 6.06. The highest BCUT2D eigenvalue weighted by Crippen LogP contribution is 2.10. The number of halogens is 1. The van der Waals surface area contributed by atoms with Crippen LogP contribution in [0.4, 0.5) is 0 Å². The minimum Gasteiger partial charge on any atom is -0.391 e. The number of rotatable bonds is 3. The van der Waals surface area contributed by atoms with Crippen LogP contribution in [-0.2, 0) is 4.79 Å². The average molecular weight is 283 g/mol. The van der Waals surface area contributed by atoms with E-state index in [4.69, 9.17) is 11.6 Å². The monoisotopic (exact) mass is 282 g/mol. The van der Waals surface area contributed by atoms with Gasteiger partial charge in [-0.05, 0) is 30.7 Å². The number of carbonyl (C=O) groups excluding carboxylic acids is 2. The maximum Gasteiger partial charge on any atom is 0.251 e. The molecule has 1 aliphatic rings. The SMILES string of the molecule is O=C(NCC(=O)N1CC[C@H](O)C1)c1ccc(Cl)cc1. The van der Waals surface area contributed by atoms with Gasteiger partial charge in [-0.3, -0.25) is 9.59 Å². The molecule has 0 unspecified atom stereocenters. The Kier molecular flexibility index (Phi) is 4.39. The predicted molar refractivity (Wildman–Crippen MR) is 71.0 cm³/mol. The van der Waals surface area contributed by atoms with Gasteiger partial charge in [0.1, 0.15) is 0 Å². The van der Waals surface area contributed by atoms with Crippen molar-refractivity contribution in [3.63, 3.8) is 0 Å². The van der Waals surface area contributed by atoms with Crippen molar-refractivity contribution in [3.05, 3.63) is 34.9 Å². The molecule has 1 aliphatic heterocycles. The van der Waals surface area contributed by atoms with E-state index < -0.39 is 6.10 Å². The van der Waals surface area contributed by atoms with Crippen molar-refractivity contribution >= 4 is 23.4 Å². The molecule has 19 heavy (non-hydrogen) atoms. The summed E-state index contributed by atoms with van der Waals surface area (Å²) in [7, 11) is 0. The van der Waals surface area contributed by atoms with Gasteiger partial charge in [0.25, 0.3) is 5.91 Å². The summed E-state index contributed by atoms with van der Waals surface area (Å²) in [6.07, 6.45) is 0.146. The smallest absolute Gasteiger partial charge is 0.251 e. The summed E-state index contributed by atoms with van der Waals surface area (Å²) in [4.78, 5) is 25.1. The van der Waals surface area contributed by atoms with Crippen molar-refractivity contribution in [2.45, 2.75) is 12.5 Å². The lowest BCUT2D eigenvalue weighted by Crippen LogP contribution is -2.39. The first-order chi connectivity index (χ1) is 9.06. The van der Waals surface area contributed by atoms with Gasteiger partial charge in [0.15, 0.2) is 0 Å². The number of β-amino-alcohol motifs (C(OH)–C–C–N with tert-alkyl or cyclic N) is 1. The summed E-state index contributed by atoms with van der Waals surface area (Å²) in [6.45, 7) is 0.820. The van der Waals surface area contributed by atoms with Crippen molar-refractivity contribution < 1.29 is 14.7 Å². The van der Waals surface area contributed by atoms with Gasteiger partial charge in [-0.1, -0.05) is 11.6 Å². The minimum atomic E-state index is -0.448. The Hall–Kier alpha value is -1.59. The van der Waals surface area contributed by atoms with Gasteiger partial charge >= 0.3 is 0 Å². The molecule has 2 amide bonds. The lowest BCUT2D eigenvalue weighted by Gasteiger charge is -2.15. The highest BCUT2D eigenvalue weighted by Gasteiger charge is 2.24. The number of hydrogen-bond donors (Lipinski definition) is 2. The predicted octanol–water partition coefficient (Wildman–Crippen LogP) is 0.663. The molecule has 0 aliphatic carbocycles. The Bertz CT molecular complexity index is 475. The van der Waals surface area contributed by atoms with E-state index >= 15 is 0 Å². The summed E-state index contributed by atoms with van der Waals surface area (Å²) in [5, 5.41) is 12.4. The van der Waals surface area contributed by atoms with Gasteiger partial charge in [-0.15, -0.1) is 0 Å². The molecule has 0 bridgehead atoms. The molecule has 1 saturated heterocycles. The second-order valence-electron chi connectivity index (χ2n) is 4.47. The Morgan fingerprint density at radius 1 is 1.37 bits per heavy atom. The summed E-state index contributed by atoms with van der Waals surface area (Å²) in [6, 6.07) is 6.44. The quantitative estimate of drug-likeness (QED) is 0.856. The molecule has 0 saturated carbocycles. The van der Waals surface area contributed by atoms with Crippen LogP contribution in [0, 0.1) is 0 Å². The van der Waals surface area contributed by atoms with Crippen LogP contribution in [0.1, 0.15) is 16.8 Å². The number of amides is 2. The molecule has 0 spiro atoms. The summed E-state index contributed by atoms with van der Waals surface area (Å²) < 4.78 is 0. The van der Waals surface area contributed by atoms with Crippen molar-refractivity contribution in [1.29, 1.82) is 0 Å². The first kappa shape index (κ1) is 13.8. The number of nitrogens with one attached hydrogen (secondary N) is 1. The van der Waals surface area contributed by atoms with Crippen molar-refractivity contribution in [2.75, 3.05) is 19.6 Å². The highest BCUT2D eigenvalue weighted by molar-refractivity contribution is 6.30. The van der Waals surface area contributed by atoms with Crippen LogP contribution >= 0.6 is 11.6 Å². The van der Waals surface area contributed by atoms with Crippen LogP contribution in [0.25, 0.3) is 0 Å². The number of carbonyl (C=O) groups is 2. The first-order valence-corrected chi connectivity index (χ1v) is 6.43. The zero-order valence-electron chi connectivity index (χ0n) is 10.3. The third-order valence-corrected chi connectivity index (χ3v) is 3.27. The number of aliphatic hydroxyl groups is 1. The molecular formula is C13H15ClN2O3. The fourth-order valence-corrected chi connectivity index (χ4v) is 2.07. The van der Waals surface area contributed by atoms with Gasteiger partial charge in [0.2, 0.25) is 5.91 Å². The van der Waals surface area contributed by atoms with Gasteiger partial charge in [0.05, 0.1) is 12.6 Å². The van der Waals surface area contributed by atoms with Crippen LogP contribution in [0.2, 0.25) is 5.02 Å². The topological polar surface area (TPSA) is 69.6 Å². The zero-order chi connectivity index (χ0) is 13.8. The van der Waals surface area contributed by atoms with E-state index in [2.05, 4.69) is 5.32 Å². The fraction of sp³-hybridized carbons (Fsp3) is 0.385. The summed E-state index contributed by atoms with van der Waals surface area (Å²) >= 11 is 5.73. The van der Waals surface area contributed by atoms with E-state index in [0.29, 0.717) is 30.1 Å². The Balaban J connectivity index is 1.83. The molecule has 6 heteroatoms. The molecule has 102 valence electrons. The van der Waals surface area contributed by atoms with Gasteiger partial charge in [-0.2, -0.15) is 0 Å². The van der Waals surface area contributed by atoms with Crippen LogP contribution in [-0.4, -0.2) is 47.6 Å². The maximum atomic E-state index is 11.8. The van der Waals surface area contributed by atoms with Crippen LogP contribution in [0.3, 0.4) is 0 Å². The molecule has 1 heterocycles. The Morgan fingerprint density at radius 2 is 2.05 bits per heavy atom. The van der Waals surface area contributed by atoms with E-state index in [1.54, 1.807) is 29.2 Å². The average Bonchev–Trinajstić information content (AvgIpc) is 2.83. The number of nitrogens with zero attached hydrogens (tertiary/aromatic N) is 1. The highest BCUT2D eigenvalue weighted by atomic mass is 35.5. The van der Waals surface area contributed by atoms with Gasteiger partial charge in [-0.25, -0.2) is 0 Å². The van der Waals surface area contributed by atoms with Gasteiger partial charge < -0.3 is 15.3 Å². The lowest BCUT2D eigenvalue weighted by molar-refractivity contribution is -0.129. The second kappa shape index (κ2) is 6.04. The number of hydrogen-bond acceptors (Lipinski definition) is 3. The number of aliphatic hydroxyl groups excluding tert-OH is 1. The van der Waals surface area contributed by atoms with Crippen molar-refractivity contribution in [1.82, 2.24) is 10.2 Å². The molecule has 0 aromatic heterocycles.